The largest absolute Gasteiger partial charge is 0.377 e. The summed E-state index contributed by atoms with van der Waals surface area (Å²) in [6.45, 7) is 5.34. The molecule has 10 nitrogen and oxygen atoms in total. The van der Waals surface area contributed by atoms with E-state index in [1.165, 1.54) is 0 Å². The molecule has 1 aromatic heterocycles. The summed E-state index contributed by atoms with van der Waals surface area (Å²) in [6, 6.07) is 9.11. The molecule has 4 N–H and O–H groups in total. The molecule has 0 radical (unpaired) electrons. The summed E-state index contributed by atoms with van der Waals surface area (Å²) in [6.07, 6.45) is 1.70. The van der Waals surface area contributed by atoms with Crippen molar-refractivity contribution in [1.29, 1.82) is 0 Å². The molecule has 2 aromatic rings. The lowest BCUT2D eigenvalue weighted by atomic mass is 10.2. The molecule has 0 unspecified atom stereocenters. The lowest BCUT2D eigenvalue weighted by Gasteiger charge is -2.35. The second kappa shape index (κ2) is 11.1. The monoisotopic (exact) mass is 504 g/mol. The van der Waals surface area contributed by atoms with Gasteiger partial charge in [0.25, 0.3) is 0 Å². The minimum absolute atomic E-state index is 0.0269. The highest BCUT2D eigenvalue weighted by molar-refractivity contribution is 8.24. The van der Waals surface area contributed by atoms with Crippen LogP contribution < -0.4 is 15.5 Å². The fourth-order valence-corrected chi connectivity index (χ4v) is 5.66. The summed E-state index contributed by atoms with van der Waals surface area (Å²) in [5.74, 6) is 1.41. The molecular formula is C24H36N6O4S. The minimum Gasteiger partial charge on any atom is -0.377 e. The van der Waals surface area contributed by atoms with Crippen molar-refractivity contribution in [3.05, 3.63) is 36.0 Å². The fourth-order valence-electron chi connectivity index (χ4n) is 3.95. The number of carbonyl (C=O) groups is 1. The Morgan fingerprint density at radius 2 is 1.97 bits per heavy atom. The molecule has 1 saturated heterocycles. The summed E-state index contributed by atoms with van der Waals surface area (Å²) in [5.41, 5.74) is 2.07. The van der Waals surface area contributed by atoms with Crippen LogP contribution in [0.4, 0.5) is 16.3 Å². The highest BCUT2D eigenvalue weighted by Crippen LogP contribution is 2.57. The molecule has 1 atom stereocenters. The summed E-state index contributed by atoms with van der Waals surface area (Å²) < 4.78 is 26.8. The SMILES string of the molecule is C[C@H]1COCCN1c1cc(CS(O)(O)C2CC2)nc(-c2ccc(NC(=O)NCCN(C)C)cc2)n1. The van der Waals surface area contributed by atoms with Crippen molar-refractivity contribution < 1.29 is 18.6 Å². The molecule has 1 aliphatic carbocycles. The first kappa shape index (κ1) is 25.6. The molecule has 1 aromatic carbocycles. The van der Waals surface area contributed by atoms with Crippen molar-refractivity contribution in [3.63, 3.8) is 0 Å². The number of morpholine rings is 1. The first-order valence-electron chi connectivity index (χ1n) is 12.0. The highest BCUT2D eigenvalue weighted by Gasteiger charge is 2.36. The van der Waals surface area contributed by atoms with Gasteiger partial charge in [0.2, 0.25) is 0 Å². The van der Waals surface area contributed by atoms with Crippen LogP contribution in [0.15, 0.2) is 30.3 Å². The van der Waals surface area contributed by atoms with Crippen LogP contribution in [0, 0.1) is 0 Å². The van der Waals surface area contributed by atoms with Gasteiger partial charge < -0.3 is 25.2 Å². The number of urea groups is 1. The van der Waals surface area contributed by atoms with Crippen LogP contribution in [0.5, 0.6) is 0 Å². The van der Waals surface area contributed by atoms with Crippen molar-refractivity contribution in [2.24, 2.45) is 0 Å². The Morgan fingerprint density at radius 1 is 1.23 bits per heavy atom. The lowest BCUT2D eigenvalue weighted by molar-refractivity contribution is 0.0985. The van der Waals surface area contributed by atoms with Gasteiger partial charge in [0.15, 0.2) is 5.82 Å². The van der Waals surface area contributed by atoms with Gasteiger partial charge >= 0.3 is 6.03 Å². The zero-order valence-corrected chi connectivity index (χ0v) is 21.4. The predicted octanol–water partition coefficient (Wildman–Crippen LogP) is 3.46. The summed E-state index contributed by atoms with van der Waals surface area (Å²) in [5, 5.41) is 5.63. The Labute approximate surface area is 208 Å². The van der Waals surface area contributed by atoms with Gasteiger partial charge in [0.1, 0.15) is 5.82 Å². The Morgan fingerprint density at radius 3 is 2.63 bits per heavy atom. The van der Waals surface area contributed by atoms with Crippen LogP contribution >= 0.6 is 10.6 Å². The lowest BCUT2D eigenvalue weighted by Crippen LogP contribution is -2.44. The van der Waals surface area contributed by atoms with Crippen LogP contribution in [-0.2, 0) is 10.5 Å². The zero-order chi connectivity index (χ0) is 25.0. The predicted molar refractivity (Wildman–Crippen MR) is 140 cm³/mol. The van der Waals surface area contributed by atoms with Gasteiger partial charge in [-0.3, -0.25) is 9.11 Å². The quantitative estimate of drug-likeness (QED) is 0.409. The molecule has 35 heavy (non-hydrogen) atoms. The fraction of sp³-hybridized carbons (Fsp3) is 0.542. The summed E-state index contributed by atoms with van der Waals surface area (Å²) in [4.78, 5) is 25.8. The van der Waals surface area contributed by atoms with Gasteiger partial charge in [-0.05, 0) is 58.1 Å². The number of benzene rings is 1. The maximum atomic E-state index is 12.1. The van der Waals surface area contributed by atoms with E-state index in [0.717, 1.165) is 30.8 Å². The normalized spacial score (nSPS) is 19.0. The van der Waals surface area contributed by atoms with E-state index >= 15 is 0 Å². The molecule has 0 spiro atoms. The molecule has 192 valence electrons. The molecule has 4 rings (SSSR count). The first-order valence-corrected chi connectivity index (χ1v) is 13.8. The van der Waals surface area contributed by atoms with E-state index in [9.17, 15) is 13.9 Å². The van der Waals surface area contributed by atoms with E-state index in [-0.39, 0.29) is 23.1 Å². The number of anilines is 2. The Kier molecular flexibility index (Phi) is 8.12. The number of ether oxygens (including phenoxy) is 1. The second-order valence-corrected chi connectivity index (χ2v) is 11.9. The summed E-state index contributed by atoms with van der Waals surface area (Å²) in [7, 11) is 1.18. The Bertz CT molecular complexity index is 1020. The van der Waals surface area contributed by atoms with Gasteiger partial charge in [-0.1, -0.05) is 0 Å². The van der Waals surface area contributed by atoms with E-state index in [1.54, 1.807) is 0 Å². The average molecular weight is 505 g/mol. The van der Waals surface area contributed by atoms with E-state index < -0.39 is 10.6 Å². The third-order valence-electron chi connectivity index (χ3n) is 6.09. The first-order chi connectivity index (χ1) is 16.7. The molecular weight excluding hydrogens is 468 g/mol. The van der Waals surface area contributed by atoms with Crippen molar-refractivity contribution in [2.75, 3.05) is 57.2 Å². The van der Waals surface area contributed by atoms with Crippen LogP contribution in [0.2, 0.25) is 0 Å². The number of likely N-dealkylation sites (N-methyl/N-ethyl adjacent to an activating group) is 1. The number of amides is 2. The van der Waals surface area contributed by atoms with E-state index in [0.29, 0.717) is 43.5 Å². The van der Waals surface area contributed by atoms with E-state index in [1.807, 2.05) is 49.3 Å². The second-order valence-electron chi connectivity index (χ2n) is 9.48. The van der Waals surface area contributed by atoms with Crippen molar-refractivity contribution in [3.8, 4) is 11.4 Å². The smallest absolute Gasteiger partial charge is 0.319 e. The van der Waals surface area contributed by atoms with Crippen LogP contribution in [0.1, 0.15) is 25.5 Å². The van der Waals surface area contributed by atoms with Gasteiger partial charge in [-0.2, -0.15) is 10.6 Å². The number of aromatic nitrogens is 2. The zero-order valence-electron chi connectivity index (χ0n) is 20.6. The third-order valence-corrected chi connectivity index (χ3v) is 8.35. The maximum Gasteiger partial charge on any atom is 0.319 e. The number of hydrogen-bond donors (Lipinski definition) is 4. The molecule has 1 aliphatic heterocycles. The van der Waals surface area contributed by atoms with Crippen molar-refractivity contribution in [2.45, 2.75) is 36.8 Å². The molecule has 1 saturated carbocycles. The van der Waals surface area contributed by atoms with Gasteiger partial charge in [0, 0.05) is 42.2 Å². The Balaban J connectivity index is 1.53. The third kappa shape index (κ3) is 7.05. The number of nitrogens with one attached hydrogen (secondary N) is 2. The van der Waals surface area contributed by atoms with E-state index in [4.69, 9.17) is 14.7 Å². The minimum atomic E-state index is -2.72. The molecule has 2 fully saturated rings. The molecule has 2 heterocycles. The van der Waals surface area contributed by atoms with Crippen LogP contribution in [0.25, 0.3) is 11.4 Å². The average Bonchev–Trinajstić information content (AvgIpc) is 3.65. The van der Waals surface area contributed by atoms with Crippen molar-refractivity contribution in [1.82, 2.24) is 20.2 Å². The highest BCUT2D eigenvalue weighted by atomic mass is 32.3. The van der Waals surface area contributed by atoms with Gasteiger partial charge in [0.05, 0.1) is 30.7 Å². The number of carbonyl (C=O) groups excluding carboxylic acids is 1. The molecule has 2 amide bonds. The van der Waals surface area contributed by atoms with Crippen LogP contribution in [0.3, 0.4) is 0 Å². The number of hydrogen-bond acceptors (Lipinski definition) is 8. The van der Waals surface area contributed by atoms with Gasteiger partial charge in [-0.15, -0.1) is 0 Å². The summed E-state index contributed by atoms with van der Waals surface area (Å²) >= 11 is 0. The van der Waals surface area contributed by atoms with Crippen LogP contribution in [-0.4, -0.2) is 88.2 Å². The van der Waals surface area contributed by atoms with Gasteiger partial charge in [-0.25, -0.2) is 14.8 Å². The topological polar surface area (TPSA) is 123 Å². The molecule has 11 heteroatoms. The molecule has 0 bridgehead atoms. The standard InChI is InChI=1S/C24H36N6O4S/c1-17-15-34-13-12-30(17)22-14-20(16-35(32,33)21-8-9-21)26-23(28-22)18-4-6-19(7-5-18)27-24(31)25-10-11-29(2)3/h4-7,14,17,21,32-33H,8-13,15-16H2,1-3H3,(H2,25,27,31)/t17-/m0/s1. The van der Waals surface area contributed by atoms with E-state index in [2.05, 4.69) is 22.5 Å². The Hall–Kier alpha value is -2.44. The maximum absolute atomic E-state index is 12.1. The van der Waals surface area contributed by atoms with Crippen molar-refractivity contribution >= 4 is 28.1 Å². The number of nitrogens with zero attached hydrogens (tertiary/aromatic N) is 4. The molecule has 2 aliphatic rings. The number of rotatable bonds is 9.